The van der Waals surface area contributed by atoms with Crippen LogP contribution >= 0.6 is 0 Å². The second kappa shape index (κ2) is 6.68. The monoisotopic (exact) mass is 298 g/mol. The highest BCUT2D eigenvalue weighted by Gasteiger charge is 2.22. The van der Waals surface area contributed by atoms with Gasteiger partial charge in [-0.05, 0) is 23.3 Å². The van der Waals surface area contributed by atoms with Gasteiger partial charge in [-0.2, -0.15) is 0 Å². The predicted octanol–water partition coefficient (Wildman–Crippen LogP) is 3.17. The van der Waals surface area contributed by atoms with Gasteiger partial charge in [-0.1, -0.05) is 30.3 Å². The van der Waals surface area contributed by atoms with Gasteiger partial charge in [0.05, 0.1) is 17.6 Å². The lowest BCUT2D eigenvalue weighted by Gasteiger charge is -2.33. The molecule has 0 aromatic heterocycles. The number of benzene rings is 2. The Morgan fingerprint density at radius 1 is 1.14 bits per heavy atom. The zero-order valence-corrected chi connectivity index (χ0v) is 12.2. The summed E-state index contributed by atoms with van der Waals surface area (Å²) >= 11 is 0. The number of nitro benzene ring substituents is 1. The van der Waals surface area contributed by atoms with Crippen molar-refractivity contribution in [1.29, 1.82) is 0 Å². The fourth-order valence-corrected chi connectivity index (χ4v) is 2.70. The van der Waals surface area contributed by atoms with Gasteiger partial charge < -0.3 is 4.74 Å². The number of hydrogen-bond donors (Lipinski definition) is 0. The first-order valence-electron chi connectivity index (χ1n) is 7.34. The zero-order valence-electron chi connectivity index (χ0n) is 12.2. The summed E-state index contributed by atoms with van der Waals surface area (Å²) in [6, 6.07) is 17.0. The molecule has 114 valence electrons. The molecule has 3 rings (SSSR count). The lowest BCUT2D eigenvalue weighted by Crippen LogP contribution is -2.37. The Kier molecular flexibility index (Phi) is 4.46. The largest absolute Gasteiger partial charge is 0.371 e. The van der Waals surface area contributed by atoms with Crippen LogP contribution in [0.5, 0.6) is 0 Å². The van der Waals surface area contributed by atoms with Crippen LogP contribution in [0.4, 0.5) is 5.69 Å². The Balaban J connectivity index is 1.66. The van der Waals surface area contributed by atoms with Crippen molar-refractivity contribution in [3.8, 4) is 0 Å². The van der Waals surface area contributed by atoms with Gasteiger partial charge >= 0.3 is 0 Å². The van der Waals surface area contributed by atoms with E-state index in [4.69, 9.17) is 4.74 Å². The summed E-state index contributed by atoms with van der Waals surface area (Å²) in [4.78, 5) is 12.7. The molecule has 2 aromatic carbocycles. The highest BCUT2D eigenvalue weighted by Crippen LogP contribution is 2.25. The van der Waals surface area contributed by atoms with E-state index in [0.29, 0.717) is 6.61 Å². The number of nitro groups is 1. The second-order valence-electron chi connectivity index (χ2n) is 5.43. The van der Waals surface area contributed by atoms with Gasteiger partial charge in [0.15, 0.2) is 0 Å². The Bertz CT molecular complexity index is 628. The molecule has 1 fully saturated rings. The van der Waals surface area contributed by atoms with Gasteiger partial charge in [0.2, 0.25) is 0 Å². The van der Waals surface area contributed by atoms with E-state index in [9.17, 15) is 10.1 Å². The third-order valence-electron chi connectivity index (χ3n) is 3.88. The van der Waals surface area contributed by atoms with Crippen molar-refractivity contribution >= 4 is 5.69 Å². The zero-order chi connectivity index (χ0) is 15.4. The van der Waals surface area contributed by atoms with Crippen LogP contribution in [0.15, 0.2) is 54.6 Å². The molecule has 5 heteroatoms. The lowest BCUT2D eigenvalue weighted by molar-refractivity contribution is -0.384. The maximum absolute atomic E-state index is 10.7. The molecule has 0 bridgehead atoms. The van der Waals surface area contributed by atoms with Crippen molar-refractivity contribution in [3.63, 3.8) is 0 Å². The van der Waals surface area contributed by atoms with Crippen LogP contribution in [0.2, 0.25) is 0 Å². The molecule has 1 heterocycles. The number of hydrogen-bond acceptors (Lipinski definition) is 4. The second-order valence-corrected chi connectivity index (χ2v) is 5.43. The summed E-state index contributed by atoms with van der Waals surface area (Å²) in [7, 11) is 0. The minimum absolute atomic E-state index is 0.0294. The summed E-state index contributed by atoms with van der Waals surface area (Å²) in [6.07, 6.45) is -0.0294. The van der Waals surface area contributed by atoms with Gasteiger partial charge in [-0.25, -0.2) is 0 Å². The van der Waals surface area contributed by atoms with Crippen molar-refractivity contribution < 1.29 is 9.66 Å². The molecular weight excluding hydrogens is 280 g/mol. The summed E-state index contributed by atoms with van der Waals surface area (Å²) in [5, 5.41) is 10.7. The fraction of sp³-hybridized carbons (Fsp3) is 0.294. The fourth-order valence-electron chi connectivity index (χ4n) is 2.70. The average molecular weight is 298 g/mol. The van der Waals surface area contributed by atoms with Gasteiger partial charge in [0.25, 0.3) is 5.69 Å². The van der Waals surface area contributed by atoms with Crippen LogP contribution in [0.3, 0.4) is 0 Å². The quantitative estimate of drug-likeness (QED) is 0.642. The van der Waals surface area contributed by atoms with Crippen molar-refractivity contribution in [2.45, 2.75) is 12.6 Å². The Hall–Kier alpha value is -2.24. The van der Waals surface area contributed by atoms with Crippen LogP contribution in [-0.4, -0.2) is 29.5 Å². The smallest absolute Gasteiger partial charge is 0.269 e. The van der Waals surface area contributed by atoms with Crippen LogP contribution < -0.4 is 0 Å². The van der Waals surface area contributed by atoms with Crippen molar-refractivity contribution in [1.82, 2.24) is 4.90 Å². The third kappa shape index (κ3) is 3.50. The number of nitrogens with zero attached hydrogens (tertiary/aromatic N) is 2. The van der Waals surface area contributed by atoms with Gasteiger partial charge in [-0.15, -0.1) is 0 Å². The number of morpholine rings is 1. The van der Waals surface area contributed by atoms with Gasteiger partial charge in [0, 0.05) is 31.8 Å². The molecular formula is C17H18N2O3. The molecule has 1 aliphatic rings. The highest BCUT2D eigenvalue weighted by atomic mass is 16.6. The summed E-state index contributed by atoms with van der Waals surface area (Å²) in [6.45, 7) is 3.27. The molecule has 0 unspecified atom stereocenters. The first kappa shape index (κ1) is 14.7. The number of rotatable bonds is 4. The molecule has 0 spiro atoms. The van der Waals surface area contributed by atoms with Crippen LogP contribution in [0, 0.1) is 10.1 Å². The molecule has 0 N–H and O–H groups in total. The molecule has 5 nitrogen and oxygen atoms in total. The van der Waals surface area contributed by atoms with Gasteiger partial charge in [-0.3, -0.25) is 15.0 Å². The minimum atomic E-state index is -0.382. The van der Waals surface area contributed by atoms with E-state index in [1.54, 1.807) is 12.1 Å². The van der Waals surface area contributed by atoms with E-state index >= 15 is 0 Å². The van der Waals surface area contributed by atoms with Crippen LogP contribution in [-0.2, 0) is 11.3 Å². The van der Waals surface area contributed by atoms with E-state index in [0.717, 1.165) is 25.2 Å². The molecule has 2 aromatic rings. The first-order chi connectivity index (χ1) is 10.7. The molecule has 22 heavy (non-hydrogen) atoms. The summed E-state index contributed by atoms with van der Waals surface area (Å²) in [5.74, 6) is 0. The third-order valence-corrected chi connectivity index (χ3v) is 3.88. The highest BCUT2D eigenvalue weighted by molar-refractivity contribution is 5.34. The van der Waals surface area contributed by atoms with E-state index in [-0.39, 0.29) is 16.7 Å². The molecule has 1 atom stereocenters. The molecule has 0 amide bonds. The van der Waals surface area contributed by atoms with E-state index in [2.05, 4.69) is 17.0 Å². The summed E-state index contributed by atoms with van der Waals surface area (Å²) < 4.78 is 5.82. The van der Waals surface area contributed by atoms with E-state index < -0.39 is 0 Å². The number of non-ortho nitro benzene ring substituents is 1. The standard InChI is InChI=1S/C17H18N2O3/c20-19(21)16-8-6-15(7-9-16)17-13-18(10-11-22-17)12-14-4-2-1-3-5-14/h1-9,17H,10-13H2/t17-/m1/s1. The predicted molar refractivity (Wildman–Crippen MR) is 83.5 cm³/mol. The first-order valence-corrected chi connectivity index (χ1v) is 7.34. The SMILES string of the molecule is O=[N+]([O-])c1ccc([C@H]2CN(Cc3ccccc3)CCO2)cc1. The topological polar surface area (TPSA) is 55.6 Å². The van der Waals surface area contributed by atoms with Crippen molar-refractivity contribution in [3.05, 3.63) is 75.8 Å². The molecule has 1 aliphatic heterocycles. The van der Waals surface area contributed by atoms with E-state index in [1.807, 2.05) is 18.2 Å². The Labute approximate surface area is 129 Å². The Morgan fingerprint density at radius 3 is 2.55 bits per heavy atom. The Morgan fingerprint density at radius 2 is 1.86 bits per heavy atom. The van der Waals surface area contributed by atoms with E-state index in [1.165, 1.54) is 17.7 Å². The minimum Gasteiger partial charge on any atom is -0.371 e. The maximum Gasteiger partial charge on any atom is 0.269 e. The summed E-state index contributed by atoms with van der Waals surface area (Å²) in [5.41, 5.74) is 2.39. The molecule has 0 aliphatic carbocycles. The normalized spacial score (nSPS) is 19.0. The average Bonchev–Trinajstić information content (AvgIpc) is 2.56. The van der Waals surface area contributed by atoms with Gasteiger partial charge in [0.1, 0.15) is 0 Å². The van der Waals surface area contributed by atoms with Crippen LogP contribution in [0.1, 0.15) is 17.2 Å². The maximum atomic E-state index is 10.7. The molecule has 1 saturated heterocycles. The number of ether oxygens (including phenoxy) is 1. The van der Waals surface area contributed by atoms with Crippen molar-refractivity contribution in [2.75, 3.05) is 19.7 Å². The van der Waals surface area contributed by atoms with Crippen molar-refractivity contribution in [2.24, 2.45) is 0 Å². The van der Waals surface area contributed by atoms with Crippen LogP contribution in [0.25, 0.3) is 0 Å². The molecule has 0 saturated carbocycles. The molecule has 0 radical (unpaired) electrons. The lowest BCUT2D eigenvalue weighted by atomic mass is 10.1.